The molecule has 0 aliphatic rings. The van der Waals surface area contributed by atoms with Gasteiger partial charge in [0.15, 0.2) is 0 Å². The summed E-state index contributed by atoms with van der Waals surface area (Å²) in [5.41, 5.74) is -0.284. The van der Waals surface area contributed by atoms with E-state index in [1.165, 1.54) is 6.07 Å². The molecule has 0 radical (unpaired) electrons. The van der Waals surface area contributed by atoms with E-state index in [0.717, 1.165) is 12.1 Å². The molecule has 1 rings (SSSR count). The van der Waals surface area contributed by atoms with Gasteiger partial charge in [0.25, 0.3) is 0 Å². The lowest BCUT2D eigenvalue weighted by molar-refractivity contribution is -0.137. The summed E-state index contributed by atoms with van der Waals surface area (Å²) in [6, 6.07) is 4.95. The molecule has 5 heteroatoms. The lowest BCUT2D eigenvalue weighted by Crippen LogP contribution is -2.16. The van der Waals surface area contributed by atoms with Gasteiger partial charge < -0.3 is 0 Å². The fourth-order valence-electron chi connectivity index (χ4n) is 1.58. The smallest absolute Gasteiger partial charge is 0.299 e. The van der Waals surface area contributed by atoms with E-state index in [0.29, 0.717) is 11.3 Å². The summed E-state index contributed by atoms with van der Waals surface area (Å²) in [6.45, 7) is 1.80. The Balaban J connectivity index is 2.77. The van der Waals surface area contributed by atoms with Crippen molar-refractivity contribution < 1.29 is 18.0 Å². The van der Waals surface area contributed by atoms with Gasteiger partial charge in [0.1, 0.15) is 5.78 Å². The van der Waals surface area contributed by atoms with E-state index in [2.05, 4.69) is 0 Å². The van der Waals surface area contributed by atoms with E-state index in [1.807, 2.05) is 6.26 Å². The Hall–Kier alpha value is -0.970. The van der Waals surface area contributed by atoms with Crippen LogP contribution in [-0.4, -0.2) is 17.8 Å². The third kappa shape index (κ3) is 4.37. The molecule has 0 fully saturated rings. The molecular formula is C13H15F3OS. The van der Waals surface area contributed by atoms with Crippen molar-refractivity contribution in [2.45, 2.75) is 19.5 Å². The SMILES string of the molecule is CSCC(C)C(=O)Cc1cccc(C(F)(F)F)c1. The van der Waals surface area contributed by atoms with Gasteiger partial charge in [0.05, 0.1) is 5.56 Å². The lowest BCUT2D eigenvalue weighted by Gasteiger charge is -2.11. The first-order valence-electron chi connectivity index (χ1n) is 5.52. The maximum atomic E-state index is 12.5. The maximum absolute atomic E-state index is 12.5. The molecular weight excluding hydrogens is 261 g/mol. The maximum Gasteiger partial charge on any atom is 0.416 e. The van der Waals surface area contributed by atoms with E-state index in [9.17, 15) is 18.0 Å². The van der Waals surface area contributed by atoms with Crippen LogP contribution in [-0.2, 0) is 17.4 Å². The number of hydrogen-bond acceptors (Lipinski definition) is 2. The first-order chi connectivity index (χ1) is 8.34. The highest BCUT2D eigenvalue weighted by atomic mass is 32.2. The van der Waals surface area contributed by atoms with Gasteiger partial charge in [-0.1, -0.05) is 25.1 Å². The molecule has 0 saturated carbocycles. The van der Waals surface area contributed by atoms with Crippen molar-refractivity contribution in [2.75, 3.05) is 12.0 Å². The Bertz CT molecular complexity index is 415. The van der Waals surface area contributed by atoms with Gasteiger partial charge in [0.2, 0.25) is 0 Å². The van der Waals surface area contributed by atoms with E-state index in [4.69, 9.17) is 0 Å². The standard InChI is InChI=1S/C13H15F3OS/c1-9(8-18-2)12(17)7-10-4-3-5-11(6-10)13(14,15)16/h3-6,9H,7-8H2,1-2H3. The molecule has 0 amide bonds. The Kier molecular flexibility index (Phi) is 5.26. The first-order valence-corrected chi connectivity index (χ1v) is 6.91. The summed E-state index contributed by atoms with van der Waals surface area (Å²) < 4.78 is 37.5. The number of alkyl halides is 3. The number of Topliss-reactive ketones (excluding diaryl/α,β-unsaturated/α-hetero) is 1. The van der Waals surface area contributed by atoms with Crippen LogP contribution in [0.2, 0.25) is 0 Å². The minimum Gasteiger partial charge on any atom is -0.299 e. The van der Waals surface area contributed by atoms with E-state index >= 15 is 0 Å². The molecule has 0 aliphatic heterocycles. The van der Waals surface area contributed by atoms with E-state index in [1.54, 1.807) is 24.8 Å². The number of carbonyl (C=O) groups is 1. The predicted octanol–water partition coefficient (Wildman–Crippen LogP) is 3.82. The largest absolute Gasteiger partial charge is 0.416 e. The zero-order valence-electron chi connectivity index (χ0n) is 10.3. The van der Waals surface area contributed by atoms with Crippen LogP contribution in [0.1, 0.15) is 18.1 Å². The molecule has 18 heavy (non-hydrogen) atoms. The predicted molar refractivity (Wildman–Crippen MR) is 67.7 cm³/mol. The molecule has 100 valence electrons. The van der Waals surface area contributed by atoms with Gasteiger partial charge >= 0.3 is 6.18 Å². The van der Waals surface area contributed by atoms with Crippen molar-refractivity contribution in [2.24, 2.45) is 5.92 Å². The molecule has 1 aromatic carbocycles. The molecule has 0 saturated heterocycles. The Labute approximate surface area is 109 Å². The number of halogens is 3. The zero-order valence-corrected chi connectivity index (χ0v) is 11.1. The van der Waals surface area contributed by atoms with Gasteiger partial charge in [0, 0.05) is 18.1 Å². The van der Waals surface area contributed by atoms with Crippen molar-refractivity contribution in [3.63, 3.8) is 0 Å². The van der Waals surface area contributed by atoms with Crippen molar-refractivity contribution in [3.05, 3.63) is 35.4 Å². The van der Waals surface area contributed by atoms with Crippen LogP contribution >= 0.6 is 11.8 Å². The van der Waals surface area contributed by atoms with Crippen LogP contribution in [0, 0.1) is 5.92 Å². The van der Waals surface area contributed by atoms with Crippen LogP contribution in [0.25, 0.3) is 0 Å². The molecule has 0 aliphatic carbocycles. The van der Waals surface area contributed by atoms with Gasteiger partial charge in [-0.15, -0.1) is 0 Å². The minimum absolute atomic E-state index is 0.0244. The fraction of sp³-hybridized carbons (Fsp3) is 0.462. The second kappa shape index (κ2) is 6.27. The van der Waals surface area contributed by atoms with Crippen molar-refractivity contribution in [3.8, 4) is 0 Å². The molecule has 0 aromatic heterocycles. The highest BCUT2D eigenvalue weighted by Gasteiger charge is 2.30. The summed E-state index contributed by atoms with van der Waals surface area (Å²) in [5, 5.41) is 0. The average Bonchev–Trinajstić information content (AvgIpc) is 2.28. The van der Waals surface area contributed by atoms with Crippen LogP contribution in [0.3, 0.4) is 0 Å². The summed E-state index contributed by atoms with van der Waals surface area (Å²) in [6.07, 6.45) is -2.40. The second-order valence-corrected chi connectivity index (χ2v) is 5.11. The molecule has 1 nitrogen and oxygen atoms in total. The monoisotopic (exact) mass is 276 g/mol. The quantitative estimate of drug-likeness (QED) is 0.813. The van der Waals surface area contributed by atoms with Crippen LogP contribution < -0.4 is 0 Å². The molecule has 0 heterocycles. The first kappa shape index (κ1) is 15.1. The third-order valence-corrected chi connectivity index (χ3v) is 3.43. The topological polar surface area (TPSA) is 17.1 Å². The molecule has 1 aromatic rings. The summed E-state index contributed by atoms with van der Waals surface area (Å²) in [5.74, 6) is 0.538. The molecule has 1 atom stereocenters. The summed E-state index contributed by atoms with van der Waals surface area (Å²) in [7, 11) is 0. The van der Waals surface area contributed by atoms with Gasteiger partial charge in [-0.3, -0.25) is 4.79 Å². The van der Waals surface area contributed by atoms with Crippen molar-refractivity contribution in [1.29, 1.82) is 0 Å². The van der Waals surface area contributed by atoms with Gasteiger partial charge in [-0.05, 0) is 17.9 Å². The minimum atomic E-state index is -4.36. The highest BCUT2D eigenvalue weighted by molar-refractivity contribution is 7.98. The number of rotatable bonds is 5. The van der Waals surface area contributed by atoms with Crippen LogP contribution in [0.4, 0.5) is 13.2 Å². The van der Waals surface area contributed by atoms with Crippen molar-refractivity contribution in [1.82, 2.24) is 0 Å². The summed E-state index contributed by atoms with van der Waals surface area (Å²) >= 11 is 1.56. The summed E-state index contributed by atoms with van der Waals surface area (Å²) in [4.78, 5) is 11.8. The number of ketones is 1. The van der Waals surface area contributed by atoms with Crippen molar-refractivity contribution >= 4 is 17.5 Å². The second-order valence-electron chi connectivity index (χ2n) is 4.20. The Morgan fingerprint density at radius 1 is 1.39 bits per heavy atom. The van der Waals surface area contributed by atoms with E-state index in [-0.39, 0.29) is 18.1 Å². The average molecular weight is 276 g/mol. The Morgan fingerprint density at radius 3 is 2.61 bits per heavy atom. The van der Waals surface area contributed by atoms with Crippen LogP contribution in [0.5, 0.6) is 0 Å². The molecule has 0 bridgehead atoms. The number of hydrogen-bond donors (Lipinski definition) is 0. The number of thioether (sulfide) groups is 1. The van der Waals surface area contributed by atoms with Crippen LogP contribution in [0.15, 0.2) is 24.3 Å². The van der Waals surface area contributed by atoms with E-state index < -0.39 is 11.7 Å². The van der Waals surface area contributed by atoms with Gasteiger partial charge in [-0.2, -0.15) is 24.9 Å². The normalized spacial score (nSPS) is 13.4. The number of carbonyl (C=O) groups excluding carboxylic acids is 1. The highest BCUT2D eigenvalue weighted by Crippen LogP contribution is 2.29. The molecule has 0 N–H and O–H groups in total. The number of benzene rings is 1. The fourth-order valence-corrected chi connectivity index (χ4v) is 2.26. The molecule has 1 unspecified atom stereocenters. The molecule has 0 spiro atoms. The zero-order chi connectivity index (χ0) is 13.8. The van der Waals surface area contributed by atoms with Gasteiger partial charge in [-0.25, -0.2) is 0 Å². The third-order valence-electron chi connectivity index (χ3n) is 2.60. The Morgan fingerprint density at radius 2 is 2.06 bits per heavy atom. The lowest BCUT2D eigenvalue weighted by atomic mass is 9.99.